The van der Waals surface area contributed by atoms with Gasteiger partial charge in [0.25, 0.3) is 5.76 Å². The van der Waals surface area contributed by atoms with Crippen LogP contribution in [0.1, 0.15) is 10.4 Å². The molecule has 0 spiro atoms. The summed E-state index contributed by atoms with van der Waals surface area (Å²) in [6.07, 6.45) is 0. The standard InChI is InChI=1S/C14H9F3O2S/c15-12-6-3-9(13(18)19)7-11(12)8-1-4-10(5-2-8)20-14(16)17/h1-7,14H,(H,18,19). The Labute approximate surface area is 117 Å². The third-order valence-electron chi connectivity index (χ3n) is 2.60. The third kappa shape index (κ3) is 3.33. The number of hydrogen-bond donors (Lipinski definition) is 1. The molecule has 0 aromatic heterocycles. The summed E-state index contributed by atoms with van der Waals surface area (Å²) in [5.41, 5.74) is 0.523. The van der Waals surface area contributed by atoms with E-state index >= 15 is 0 Å². The van der Waals surface area contributed by atoms with E-state index < -0.39 is 17.5 Å². The van der Waals surface area contributed by atoms with Crippen molar-refractivity contribution in [2.75, 3.05) is 0 Å². The van der Waals surface area contributed by atoms with Crippen molar-refractivity contribution in [2.45, 2.75) is 10.7 Å². The minimum atomic E-state index is -2.52. The first-order valence-corrected chi connectivity index (χ1v) is 6.43. The van der Waals surface area contributed by atoms with E-state index in [1.54, 1.807) is 0 Å². The molecule has 0 aliphatic rings. The highest BCUT2D eigenvalue weighted by molar-refractivity contribution is 7.99. The summed E-state index contributed by atoms with van der Waals surface area (Å²) in [7, 11) is 0. The van der Waals surface area contributed by atoms with Crippen LogP contribution in [0.4, 0.5) is 13.2 Å². The molecule has 6 heteroatoms. The fourth-order valence-electron chi connectivity index (χ4n) is 1.70. The van der Waals surface area contributed by atoms with Gasteiger partial charge in [0.1, 0.15) is 5.82 Å². The van der Waals surface area contributed by atoms with E-state index in [9.17, 15) is 18.0 Å². The van der Waals surface area contributed by atoms with Gasteiger partial charge in [-0.25, -0.2) is 9.18 Å². The predicted molar refractivity (Wildman–Crippen MR) is 70.7 cm³/mol. The zero-order valence-electron chi connectivity index (χ0n) is 10.0. The van der Waals surface area contributed by atoms with Gasteiger partial charge in [0.15, 0.2) is 0 Å². The van der Waals surface area contributed by atoms with Crippen molar-refractivity contribution >= 4 is 17.7 Å². The summed E-state index contributed by atoms with van der Waals surface area (Å²) in [5.74, 6) is -4.24. The Morgan fingerprint density at radius 3 is 2.30 bits per heavy atom. The molecule has 2 aromatic rings. The monoisotopic (exact) mass is 298 g/mol. The highest BCUT2D eigenvalue weighted by Gasteiger charge is 2.11. The largest absolute Gasteiger partial charge is 0.478 e. The van der Waals surface area contributed by atoms with Crippen LogP contribution < -0.4 is 0 Å². The van der Waals surface area contributed by atoms with Crippen LogP contribution in [0.2, 0.25) is 0 Å². The fraction of sp³-hybridized carbons (Fsp3) is 0.0714. The highest BCUT2D eigenvalue weighted by Crippen LogP contribution is 2.29. The van der Waals surface area contributed by atoms with Gasteiger partial charge in [0.2, 0.25) is 0 Å². The molecule has 0 aliphatic heterocycles. The average molecular weight is 298 g/mol. The van der Waals surface area contributed by atoms with E-state index in [0.29, 0.717) is 22.2 Å². The van der Waals surface area contributed by atoms with Crippen molar-refractivity contribution in [2.24, 2.45) is 0 Å². The molecule has 0 unspecified atom stereocenters. The molecule has 0 radical (unpaired) electrons. The van der Waals surface area contributed by atoms with E-state index in [4.69, 9.17) is 5.11 Å². The lowest BCUT2D eigenvalue weighted by molar-refractivity contribution is 0.0697. The lowest BCUT2D eigenvalue weighted by Crippen LogP contribution is -1.97. The molecule has 0 aliphatic carbocycles. The number of carboxylic acid groups (broad SMARTS) is 1. The predicted octanol–water partition coefficient (Wildman–Crippen LogP) is 4.51. The maximum Gasteiger partial charge on any atom is 0.335 e. The van der Waals surface area contributed by atoms with Crippen molar-refractivity contribution in [1.29, 1.82) is 0 Å². The maximum atomic E-state index is 13.7. The molecule has 0 saturated carbocycles. The molecule has 2 nitrogen and oxygen atoms in total. The second-order valence-electron chi connectivity index (χ2n) is 3.90. The molecular weight excluding hydrogens is 289 g/mol. The Morgan fingerprint density at radius 1 is 1.10 bits per heavy atom. The normalized spacial score (nSPS) is 10.8. The second kappa shape index (κ2) is 6.00. The number of benzene rings is 2. The van der Waals surface area contributed by atoms with Gasteiger partial charge in [0, 0.05) is 10.5 Å². The number of rotatable bonds is 4. The summed E-state index contributed by atoms with van der Waals surface area (Å²) in [6.45, 7) is 0. The lowest BCUT2D eigenvalue weighted by Gasteiger charge is -2.06. The van der Waals surface area contributed by atoms with Gasteiger partial charge < -0.3 is 5.11 Å². The SMILES string of the molecule is O=C(O)c1ccc(F)c(-c2ccc(SC(F)F)cc2)c1. The summed E-state index contributed by atoms with van der Waals surface area (Å²) < 4.78 is 38.1. The molecular formula is C14H9F3O2S. The van der Waals surface area contributed by atoms with E-state index in [0.717, 1.165) is 6.07 Å². The van der Waals surface area contributed by atoms with E-state index in [1.807, 2.05) is 0 Å². The topological polar surface area (TPSA) is 37.3 Å². The Hall–Kier alpha value is -1.95. The number of thioether (sulfide) groups is 1. The highest BCUT2D eigenvalue weighted by atomic mass is 32.2. The molecule has 1 N–H and O–H groups in total. The lowest BCUT2D eigenvalue weighted by atomic mass is 10.0. The molecule has 0 heterocycles. The van der Waals surface area contributed by atoms with Gasteiger partial charge in [-0.2, -0.15) is 8.78 Å². The molecule has 0 fully saturated rings. The first kappa shape index (κ1) is 14.5. The Bertz CT molecular complexity index is 627. The third-order valence-corrected chi connectivity index (χ3v) is 3.33. The molecule has 2 aromatic carbocycles. The number of hydrogen-bond acceptors (Lipinski definition) is 2. The van der Waals surface area contributed by atoms with Crippen molar-refractivity contribution in [3.8, 4) is 11.1 Å². The van der Waals surface area contributed by atoms with Crippen molar-refractivity contribution < 1.29 is 23.1 Å². The molecule has 0 atom stereocenters. The molecule has 0 amide bonds. The zero-order valence-corrected chi connectivity index (χ0v) is 10.8. The second-order valence-corrected chi connectivity index (χ2v) is 4.97. The Balaban J connectivity index is 2.36. The molecule has 2 rings (SSSR count). The van der Waals surface area contributed by atoms with Crippen LogP contribution in [0.25, 0.3) is 11.1 Å². The number of carbonyl (C=O) groups is 1. The van der Waals surface area contributed by atoms with Gasteiger partial charge in [0.05, 0.1) is 5.56 Å². The first-order chi connectivity index (χ1) is 9.47. The smallest absolute Gasteiger partial charge is 0.335 e. The summed E-state index contributed by atoms with van der Waals surface area (Å²) >= 11 is 0.393. The van der Waals surface area contributed by atoms with Crippen molar-refractivity contribution in [3.63, 3.8) is 0 Å². The minimum Gasteiger partial charge on any atom is -0.478 e. The minimum absolute atomic E-state index is 0.0348. The molecule has 20 heavy (non-hydrogen) atoms. The van der Waals surface area contributed by atoms with Gasteiger partial charge >= 0.3 is 5.97 Å². The Kier molecular flexibility index (Phi) is 4.34. The molecule has 104 valence electrons. The van der Waals surface area contributed by atoms with Crippen LogP contribution in [-0.4, -0.2) is 16.8 Å². The number of carboxylic acids is 1. The average Bonchev–Trinajstić information content (AvgIpc) is 2.39. The fourth-order valence-corrected chi connectivity index (χ4v) is 2.19. The number of aromatic carboxylic acids is 1. The summed E-state index contributed by atoms with van der Waals surface area (Å²) in [4.78, 5) is 11.2. The first-order valence-electron chi connectivity index (χ1n) is 5.55. The Morgan fingerprint density at radius 2 is 1.75 bits per heavy atom. The van der Waals surface area contributed by atoms with Crippen LogP contribution in [0.3, 0.4) is 0 Å². The van der Waals surface area contributed by atoms with Crippen LogP contribution in [-0.2, 0) is 0 Å². The van der Waals surface area contributed by atoms with E-state index in [-0.39, 0.29) is 11.1 Å². The van der Waals surface area contributed by atoms with E-state index in [1.165, 1.54) is 36.4 Å². The maximum absolute atomic E-state index is 13.7. The van der Waals surface area contributed by atoms with Crippen molar-refractivity contribution in [3.05, 3.63) is 53.8 Å². The van der Waals surface area contributed by atoms with E-state index in [2.05, 4.69) is 0 Å². The molecule has 0 bridgehead atoms. The quantitative estimate of drug-likeness (QED) is 0.844. The van der Waals surface area contributed by atoms with Gasteiger partial charge in [-0.05, 0) is 35.9 Å². The van der Waals surface area contributed by atoms with Crippen LogP contribution in [0, 0.1) is 5.82 Å². The van der Waals surface area contributed by atoms with Gasteiger partial charge in [-0.15, -0.1) is 0 Å². The van der Waals surface area contributed by atoms with Crippen LogP contribution in [0.15, 0.2) is 47.4 Å². The zero-order chi connectivity index (χ0) is 14.7. The van der Waals surface area contributed by atoms with Gasteiger partial charge in [-0.3, -0.25) is 0 Å². The number of alkyl halides is 2. The summed E-state index contributed by atoms with van der Waals surface area (Å²) in [5, 5.41) is 8.88. The number of halogens is 3. The summed E-state index contributed by atoms with van der Waals surface area (Å²) in [6, 6.07) is 9.30. The van der Waals surface area contributed by atoms with Gasteiger partial charge in [-0.1, -0.05) is 23.9 Å². The molecule has 0 saturated heterocycles. The van der Waals surface area contributed by atoms with Crippen LogP contribution >= 0.6 is 11.8 Å². The van der Waals surface area contributed by atoms with Crippen molar-refractivity contribution in [1.82, 2.24) is 0 Å². The van der Waals surface area contributed by atoms with Crippen LogP contribution in [0.5, 0.6) is 0 Å².